The first-order valence-electron chi connectivity index (χ1n) is 10.1. The lowest BCUT2D eigenvalue weighted by Crippen LogP contribution is -2.25. The molecule has 0 unspecified atom stereocenters. The van der Waals surface area contributed by atoms with Crippen LogP contribution in [0.4, 0.5) is 0 Å². The van der Waals surface area contributed by atoms with Crippen molar-refractivity contribution in [1.82, 2.24) is 20.1 Å². The minimum absolute atomic E-state index is 0.153. The number of nitrogens with one attached hydrogen (secondary N) is 2. The van der Waals surface area contributed by atoms with E-state index in [1.165, 1.54) is 10.2 Å². The highest BCUT2D eigenvalue weighted by Gasteiger charge is 2.14. The number of carbonyl (C=O) groups is 1. The minimum atomic E-state index is -0.173. The molecule has 0 aliphatic carbocycles. The van der Waals surface area contributed by atoms with Crippen LogP contribution in [0, 0.1) is 0 Å². The second-order valence-electron chi connectivity index (χ2n) is 7.36. The Balaban J connectivity index is 1.47. The Morgan fingerprint density at radius 3 is 2.45 bits per heavy atom. The van der Waals surface area contributed by atoms with Crippen molar-refractivity contribution in [2.45, 2.75) is 6.42 Å². The molecule has 3 aromatic carbocycles. The first-order chi connectivity index (χ1) is 15.2. The van der Waals surface area contributed by atoms with E-state index < -0.39 is 0 Å². The highest BCUT2D eigenvalue weighted by atomic mass is 16.1. The van der Waals surface area contributed by atoms with Crippen LogP contribution < -0.4 is 10.9 Å². The van der Waals surface area contributed by atoms with Gasteiger partial charge in [0.25, 0.3) is 11.5 Å². The third-order valence-corrected chi connectivity index (χ3v) is 5.34. The second-order valence-corrected chi connectivity index (χ2v) is 7.36. The molecular weight excluding hydrogens is 388 g/mol. The van der Waals surface area contributed by atoms with Gasteiger partial charge in [-0.1, -0.05) is 48.5 Å². The highest BCUT2D eigenvalue weighted by Crippen LogP contribution is 2.22. The number of amides is 1. The maximum atomic E-state index is 12.9. The van der Waals surface area contributed by atoms with Crippen LogP contribution in [0.25, 0.3) is 27.5 Å². The zero-order valence-corrected chi connectivity index (χ0v) is 16.7. The molecule has 0 bridgehead atoms. The molecule has 0 saturated heterocycles. The van der Waals surface area contributed by atoms with Crippen molar-refractivity contribution in [3.8, 4) is 5.69 Å². The molecule has 2 N–H and O–H groups in total. The van der Waals surface area contributed by atoms with Gasteiger partial charge in [0.1, 0.15) is 0 Å². The monoisotopic (exact) mass is 408 g/mol. The summed E-state index contributed by atoms with van der Waals surface area (Å²) in [6.45, 7) is 0.546. The van der Waals surface area contributed by atoms with Crippen molar-refractivity contribution >= 4 is 27.7 Å². The van der Waals surface area contributed by atoms with Crippen LogP contribution in [0.3, 0.4) is 0 Å². The largest absolute Gasteiger partial charge is 0.352 e. The first-order valence-corrected chi connectivity index (χ1v) is 10.1. The summed E-state index contributed by atoms with van der Waals surface area (Å²) >= 11 is 0. The normalized spacial score (nSPS) is 11.1. The summed E-state index contributed by atoms with van der Waals surface area (Å²) in [5.41, 5.74) is 3.66. The van der Waals surface area contributed by atoms with Crippen molar-refractivity contribution in [3.05, 3.63) is 107 Å². The Bertz CT molecular complexity index is 1440. The smallest absolute Gasteiger partial charge is 0.280 e. The summed E-state index contributed by atoms with van der Waals surface area (Å²) in [7, 11) is 0. The molecule has 5 aromatic rings. The van der Waals surface area contributed by atoms with Crippen molar-refractivity contribution in [3.63, 3.8) is 0 Å². The summed E-state index contributed by atoms with van der Waals surface area (Å²) < 4.78 is 1.50. The van der Waals surface area contributed by atoms with E-state index in [4.69, 9.17) is 0 Å². The molecule has 0 radical (unpaired) electrons. The molecule has 0 aliphatic heterocycles. The maximum Gasteiger partial charge on any atom is 0.280 e. The van der Waals surface area contributed by atoms with Gasteiger partial charge in [-0.05, 0) is 42.3 Å². The molecule has 1 amide bonds. The number of pyridine rings is 1. The van der Waals surface area contributed by atoms with E-state index in [-0.39, 0.29) is 11.5 Å². The van der Waals surface area contributed by atoms with Crippen LogP contribution in [0.15, 0.2) is 89.9 Å². The van der Waals surface area contributed by atoms with Gasteiger partial charge in [0, 0.05) is 23.7 Å². The van der Waals surface area contributed by atoms with Gasteiger partial charge in [-0.2, -0.15) is 0 Å². The number of hydrogen-bond acceptors (Lipinski definition) is 3. The van der Waals surface area contributed by atoms with Gasteiger partial charge >= 0.3 is 0 Å². The maximum absolute atomic E-state index is 12.9. The molecule has 31 heavy (non-hydrogen) atoms. The van der Waals surface area contributed by atoms with Crippen LogP contribution in [0.5, 0.6) is 0 Å². The van der Waals surface area contributed by atoms with E-state index in [1.807, 2.05) is 60.7 Å². The zero-order valence-electron chi connectivity index (χ0n) is 16.7. The molecule has 5 rings (SSSR count). The fourth-order valence-corrected chi connectivity index (χ4v) is 3.73. The van der Waals surface area contributed by atoms with Crippen molar-refractivity contribution < 1.29 is 4.79 Å². The molecule has 0 spiro atoms. The third kappa shape index (κ3) is 3.59. The summed E-state index contributed by atoms with van der Waals surface area (Å²) in [5.74, 6) is -0.153. The van der Waals surface area contributed by atoms with Gasteiger partial charge in [0.05, 0.1) is 22.1 Å². The Morgan fingerprint density at radius 1 is 0.935 bits per heavy atom. The molecule has 2 aromatic heterocycles. The molecule has 6 heteroatoms. The molecule has 0 saturated carbocycles. The number of hydrogen-bond donors (Lipinski definition) is 2. The summed E-state index contributed by atoms with van der Waals surface area (Å²) in [4.78, 5) is 30.0. The molecule has 6 nitrogen and oxygen atoms in total. The number of aromatic amines is 1. The predicted molar refractivity (Wildman–Crippen MR) is 122 cm³/mol. The zero-order chi connectivity index (χ0) is 21.2. The van der Waals surface area contributed by atoms with E-state index in [2.05, 4.69) is 15.4 Å². The van der Waals surface area contributed by atoms with Crippen LogP contribution in [-0.4, -0.2) is 27.2 Å². The van der Waals surface area contributed by atoms with E-state index in [0.29, 0.717) is 23.0 Å². The topological polar surface area (TPSA) is 79.8 Å². The number of carbonyl (C=O) groups excluding carboxylic acids is 1. The fourth-order valence-electron chi connectivity index (χ4n) is 3.73. The number of fused-ring (bicyclic) bond motifs is 3. The average molecular weight is 408 g/mol. The lowest BCUT2D eigenvalue weighted by atomic mass is 10.1. The Kier molecular flexibility index (Phi) is 4.80. The van der Waals surface area contributed by atoms with Crippen LogP contribution in [-0.2, 0) is 6.42 Å². The lowest BCUT2D eigenvalue weighted by Gasteiger charge is -2.07. The van der Waals surface area contributed by atoms with Crippen LogP contribution in [0.1, 0.15) is 15.9 Å². The van der Waals surface area contributed by atoms with E-state index in [1.54, 1.807) is 24.4 Å². The Hall–Kier alpha value is -4.19. The van der Waals surface area contributed by atoms with E-state index >= 15 is 0 Å². The quantitative estimate of drug-likeness (QED) is 0.464. The van der Waals surface area contributed by atoms with E-state index in [0.717, 1.165) is 23.0 Å². The molecule has 152 valence electrons. The fraction of sp³-hybridized carbons (Fsp3) is 0.0800. The summed E-state index contributed by atoms with van der Waals surface area (Å²) in [6, 6.07) is 24.7. The number of H-pyrrole nitrogens is 1. The standard InChI is InChI=1S/C25H20N4O2/c30-24(26-14-13-17-7-3-1-4-8-17)18-11-12-22-20(15-18)23-21(16-27-22)25(31)29(28-23)19-9-5-2-6-10-19/h1-12,15-16,28H,13-14H2,(H,26,30). The second kappa shape index (κ2) is 7.91. The number of para-hydroxylation sites is 1. The molecule has 2 heterocycles. The highest BCUT2D eigenvalue weighted by molar-refractivity contribution is 6.06. The lowest BCUT2D eigenvalue weighted by molar-refractivity contribution is 0.0954. The number of nitrogens with zero attached hydrogens (tertiary/aromatic N) is 2. The van der Waals surface area contributed by atoms with Crippen molar-refractivity contribution in [2.75, 3.05) is 6.54 Å². The molecule has 0 fully saturated rings. The van der Waals surface area contributed by atoms with Gasteiger partial charge in [0.15, 0.2) is 0 Å². The minimum Gasteiger partial charge on any atom is -0.352 e. The van der Waals surface area contributed by atoms with E-state index in [9.17, 15) is 9.59 Å². The van der Waals surface area contributed by atoms with Crippen LogP contribution >= 0.6 is 0 Å². The van der Waals surface area contributed by atoms with Gasteiger partial charge in [-0.15, -0.1) is 0 Å². The average Bonchev–Trinajstić information content (AvgIpc) is 3.17. The Morgan fingerprint density at radius 2 is 1.68 bits per heavy atom. The van der Waals surface area contributed by atoms with Crippen molar-refractivity contribution in [2.24, 2.45) is 0 Å². The predicted octanol–water partition coefficient (Wildman–Crippen LogP) is 3.84. The van der Waals surface area contributed by atoms with Gasteiger partial charge in [-0.3, -0.25) is 19.7 Å². The number of rotatable bonds is 5. The molecule has 0 atom stereocenters. The molecule has 0 aliphatic rings. The van der Waals surface area contributed by atoms with Gasteiger partial charge in [-0.25, -0.2) is 4.68 Å². The van der Waals surface area contributed by atoms with Crippen LogP contribution in [0.2, 0.25) is 0 Å². The third-order valence-electron chi connectivity index (χ3n) is 5.34. The summed E-state index contributed by atoms with van der Waals surface area (Å²) in [6.07, 6.45) is 2.34. The van der Waals surface area contributed by atoms with Crippen molar-refractivity contribution in [1.29, 1.82) is 0 Å². The number of benzene rings is 3. The summed E-state index contributed by atoms with van der Waals surface area (Å²) in [5, 5.41) is 7.37. The van der Waals surface area contributed by atoms with Gasteiger partial charge in [0.2, 0.25) is 0 Å². The first kappa shape index (κ1) is 18.8. The molecular formula is C25H20N4O2. The Labute approximate surface area is 178 Å². The van der Waals surface area contributed by atoms with Gasteiger partial charge < -0.3 is 5.32 Å². The number of aromatic nitrogens is 3. The SMILES string of the molecule is O=C(NCCc1ccccc1)c1ccc2ncc3c(=O)n(-c4ccccc4)[nH]c3c2c1.